The van der Waals surface area contributed by atoms with E-state index in [1.165, 1.54) is 0 Å². The van der Waals surface area contributed by atoms with Crippen LogP contribution in [0.25, 0.3) is 0 Å². The largest absolute Gasteiger partial charge is 0.349 e. The van der Waals surface area contributed by atoms with Gasteiger partial charge in [-0.3, -0.25) is 0 Å². The average Bonchev–Trinajstić information content (AvgIpc) is 2.21. The predicted octanol–water partition coefficient (Wildman–Crippen LogP) is 3.20. The van der Waals surface area contributed by atoms with Gasteiger partial charge in [0.05, 0.1) is 6.61 Å². The molecule has 2 rings (SSSR count). The Morgan fingerprint density at radius 2 is 1.87 bits per heavy atom. The number of rotatable bonds is 2. The van der Waals surface area contributed by atoms with Gasteiger partial charge in [0.15, 0.2) is 0 Å². The number of ether oxygens (including phenoxy) is 2. The maximum absolute atomic E-state index is 5.86. The van der Waals surface area contributed by atoms with E-state index in [1.807, 2.05) is 24.3 Å². The second-order valence-corrected chi connectivity index (χ2v) is 4.94. The van der Waals surface area contributed by atoms with E-state index in [0.717, 1.165) is 10.6 Å². The summed E-state index contributed by atoms with van der Waals surface area (Å²) in [5, 5.41) is 0.724. The van der Waals surface area contributed by atoms with Crippen LogP contribution in [-0.2, 0) is 15.3 Å². The van der Waals surface area contributed by atoms with E-state index in [9.17, 15) is 0 Å². The maximum Gasteiger partial charge on any atom is 0.202 e. The fourth-order valence-electron chi connectivity index (χ4n) is 2.09. The van der Waals surface area contributed by atoms with E-state index >= 15 is 0 Å². The molecule has 1 fully saturated rings. The summed E-state index contributed by atoms with van der Waals surface area (Å²) in [4.78, 5) is 0. The van der Waals surface area contributed by atoms with Crippen molar-refractivity contribution in [1.82, 2.24) is 0 Å². The second kappa shape index (κ2) is 3.48. The van der Waals surface area contributed by atoms with Gasteiger partial charge in [0, 0.05) is 23.1 Å². The van der Waals surface area contributed by atoms with Gasteiger partial charge >= 0.3 is 0 Å². The molecule has 1 aliphatic heterocycles. The Bertz CT molecular complexity index is 354. The Balaban J connectivity index is 2.39. The summed E-state index contributed by atoms with van der Waals surface area (Å²) in [5.41, 5.74) is 1.01. The van der Waals surface area contributed by atoms with Crippen molar-refractivity contribution in [2.24, 2.45) is 5.41 Å². The third-order valence-corrected chi connectivity index (χ3v) is 3.29. The average molecular weight is 227 g/mol. The summed E-state index contributed by atoms with van der Waals surface area (Å²) < 4.78 is 11.2. The van der Waals surface area contributed by atoms with Crippen LogP contribution in [-0.4, -0.2) is 13.7 Å². The molecule has 1 heterocycles. The lowest BCUT2D eigenvalue weighted by atomic mass is 9.75. The number of hydrogen-bond donors (Lipinski definition) is 0. The van der Waals surface area contributed by atoms with E-state index in [4.69, 9.17) is 21.1 Å². The quantitative estimate of drug-likeness (QED) is 0.771. The van der Waals surface area contributed by atoms with Crippen molar-refractivity contribution in [3.63, 3.8) is 0 Å². The molecule has 0 radical (unpaired) electrons. The molecule has 0 spiro atoms. The molecule has 2 nitrogen and oxygen atoms in total. The van der Waals surface area contributed by atoms with E-state index in [1.54, 1.807) is 7.11 Å². The second-order valence-electron chi connectivity index (χ2n) is 4.50. The molecule has 0 amide bonds. The van der Waals surface area contributed by atoms with Crippen molar-refractivity contribution in [2.75, 3.05) is 13.7 Å². The normalized spacial score (nSPS) is 28.5. The van der Waals surface area contributed by atoms with E-state index in [-0.39, 0.29) is 5.41 Å². The lowest BCUT2D eigenvalue weighted by molar-refractivity contribution is -0.386. The molecular weight excluding hydrogens is 212 g/mol. The third-order valence-electron chi connectivity index (χ3n) is 3.04. The van der Waals surface area contributed by atoms with Crippen molar-refractivity contribution >= 4 is 11.6 Å². The predicted molar refractivity (Wildman–Crippen MR) is 59.9 cm³/mol. The van der Waals surface area contributed by atoms with Crippen molar-refractivity contribution in [3.05, 3.63) is 34.9 Å². The van der Waals surface area contributed by atoms with Crippen molar-refractivity contribution in [2.45, 2.75) is 19.6 Å². The highest BCUT2D eigenvalue weighted by Gasteiger charge is 2.56. The fourth-order valence-corrected chi connectivity index (χ4v) is 2.21. The van der Waals surface area contributed by atoms with Crippen LogP contribution in [0.3, 0.4) is 0 Å². The van der Waals surface area contributed by atoms with Crippen molar-refractivity contribution < 1.29 is 9.47 Å². The summed E-state index contributed by atoms with van der Waals surface area (Å²) in [6, 6.07) is 7.62. The third kappa shape index (κ3) is 1.48. The van der Waals surface area contributed by atoms with Crippen LogP contribution in [0, 0.1) is 5.41 Å². The van der Waals surface area contributed by atoms with Gasteiger partial charge in [-0.1, -0.05) is 37.6 Å². The number of halogens is 1. The summed E-state index contributed by atoms with van der Waals surface area (Å²) in [7, 11) is 1.68. The Morgan fingerprint density at radius 1 is 1.27 bits per heavy atom. The highest BCUT2D eigenvalue weighted by molar-refractivity contribution is 6.30. The van der Waals surface area contributed by atoms with Gasteiger partial charge < -0.3 is 9.47 Å². The molecule has 3 heteroatoms. The molecule has 1 unspecified atom stereocenters. The van der Waals surface area contributed by atoms with Gasteiger partial charge in [0.1, 0.15) is 0 Å². The van der Waals surface area contributed by atoms with Gasteiger partial charge in [-0.15, -0.1) is 0 Å². The number of hydrogen-bond acceptors (Lipinski definition) is 2. The first-order valence-electron chi connectivity index (χ1n) is 4.97. The topological polar surface area (TPSA) is 18.5 Å². The molecule has 1 aromatic carbocycles. The molecule has 1 aliphatic rings. The van der Waals surface area contributed by atoms with Crippen LogP contribution in [0.4, 0.5) is 0 Å². The summed E-state index contributed by atoms with van der Waals surface area (Å²) in [6.07, 6.45) is 0. The highest BCUT2D eigenvalue weighted by Crippen LogP contribution is 2.52. The van der Waals surface area contributed by atoms with Crippen LogP contribution < -0.4 is 0 Å². The Morgan fingerprint density at radius 3 is 2.20 bits per heavy atom. The van der Waals surface area contributed by atoms with E-state index in [2.05, 4.69) is 13.8 Å². The van der Waals surface area contributed by atoms with Gasteiger partial charge in [0.25, 0.3) is 0 Å². The number of benzene rings is 1. The molecule has 0 saturated carbocycles. The van der Waals surface area contributed by atoms with Crippen molar-refractivity contribution in [1.29, 1.82) is 0 Å². The minimum absolute atomic E-state index is 0.00439. The smallest absolute Gasteiger partial charge is 0.202 e. The van der Waals surface area contributed by atoms with E-state index in [0.29, 0.717) is 6.61 Å². The Hall–Kier alpha value is -0.570. The number of methoxy groups -OCH3 is 1. The zero-order chi connectivity index (χ0) is 11.1. The molecule has 15 heavy (non-hydrogen) atoms. The standard InChI is InChI=1S/C12H15ClO2/c1-11(2)8-15-12(11,14-3)9-4-6-10(13)7-5-9/h4-7H,8H2,1-3H3. The van der Waals surface area contributed by atoms with Crippen LogP contribution in [0.1, 0.15) is 19.4 Å². The first-order valence-corrected chi connectivity index (χ1v) is 5.35. The van der Waals surface area contributed by atoms with Crippen LogP contribution in [0.15, 0.2) is 24.3 Å². The monoisotopic (exact) mass is 226 g/mol. The first-order chi connectivity index (χ1) is 7.02. The fraction of sp³-hybridized carbons (Fsp3) is 0.500. The molecule has 1 aromatic rings. The molecule has 1 saturated heterocycles. The lowest BCUT2D eigenvalue weighted by Gasteiger charge is -2.54. The molecule has 0 bridgehead atoms. The van der Waals surface area contributed by atoms with Crippen LogP contribution in [0.2, 0.25) is 5.02 Å². The molecular formula is C12H15ClO2. The van der Waals surface area contributed by atoms with Gasteiger partial charge in [-0.25, -0.2) is 0 Å². The molecule has 0 N–H and O–H groups in total. The minimum atomic E-state index is -0.614. The zero-order valence-corrected chi connectivity index (χ0v) is 9.97. The van der Waals surface area contributed by atoms with Crippen LogP contribution >= 0.6 is 11.6 Å². The molecule has 82 valence electrons. The summed E-state index contributed by atoms with van der Waals surface area (Å²) >= 11 is 5.86. The van der Waals surface area contributed by atoms with Gasteiger partial charge in [0.2, 0.25) is 5.79 Å². The minimum Gasteiger partial charge on any atom is -0.349 e. The van der Waals surface area contributed by atoms with E-state index < -0.39 is 5.79 Å². The molecule has 0 aromatic heterocycles. The lowest BCUT2D eigenvalue weighted by Crippen LogP contribution is -2.58. The summed E-state index contributed by atoms with van der Waals surface area (Å²) in [6.45, 7) is 4.98. The van der Waals surface area contributed by atoms with Gasteiger partial charge in [-0.2, -0.15) is 0 Å². The SMILES string of the molecule is COC1(c2ccc(Cl)cc2)OCC1(C)C. The highest BCUT2D eigenvalue weighted by atomic mass is 35.5. The Labute approximate surface area is 95.1 Å². The van der Waals surface area contributed by atoms with Crippen molar-refractivity contribution in [3.8, 4) is 0 Å². The molecule has 0 aliphatic carbocycles. The summed E-state index contributed by atoms with van der Waals surface area (Å²) in [5.74, 6) is -0.614. The zero-order valence-electron chi connectivity index (χ0n) is 9.21. The van der Waals surface area contributed by atoms with Gasteiger partial charge in [-0.05, 0) is 12.1 Å². The maximum atomic E-state index is 5.86. The first kappa shape index (κ1) is 10.9. The van der Waals surface area contributed by atoms with Crippen LogP contribution in [0.5, 0.6) is 0 Å². The Kier molecular flexibility index (Phi) is 2.53. The molecule has 1 atom stereocenters.